The summed E-state index contributed by atoms with van der Waals surface area (Å²) >= 11 is 0. The van der Waals surface area contributed by atoms with Crippen LogP contribution >= 0.6 is 0 Å². The first-order chi connectivity index (χ1) is 7.74. The van der Waals surface area contributed by atoms with Crippen LogP contribution < -0.4 is 11.1 Å². The molecule has 0 spiro atoms. The van der Waals surface area contributed by atoms with Crippen LogP contribution in [0, 0.1) is 0 Å². The van der Waals surface area contributed by atoms with E-state index in [-0.39, 0.29) is 5.91 Å². The molecule has 3 heteroatoms. The molecule has 3 N–H and O–H groups in total. The summed E-state index contributed by atoms with van der Waals surface area (Å²) < 4.78 is 0. The van der Waals surface area contributed by atoms with E-state index in [2.05, 4.69) is 12.2 Å². The molecule has 0 saturated heterocycles. The molecule has 1 aromatic carbocycles. The van der Waals surface area contributed by atoms with Gasteiger partial charge in [-0.3, -0.25) is 4.79 Å². The maximum absolute atomic E-state index is 11.6. The van der Waals surface area contributed by atoms with E-state index in [1.54, 1.807) is 0 Å². The molecule has 16 heavy (non-hydrogen) atoms. The van der Waals surface area contributed by atoms with Crippen molar-refractivity contribution in [3.63, 3.8) is 0 Å². The van der Waals surface area contributed by atoms with Gasteiger partial charge in [-0.25, -0.2) is 0 Å². The number of rotatable bonds is 6. The van der Waals surface area contributed by atoms with Crippen LogP contribution in [-0.4, -0.2) is 18.5 Å². The average Bonchev–Trinajstić information content (AvgIpc) is 2.30. The Kier molecular flexibility index (Phi) is 5.57. The topological polar surface area (TPSA) is 55.1 Å². The van der Waals surface area contributed by atoms with Crippen molar-refractivity contribution < 1.29 is 4.79 Å². The van der Waals surface area contributed by atoms with Crippen LogP contribution in [0.5, 0.6) is 0 Å². The highest BCUT2D eigenvalue weighted by atomic mass is 18.1. The van der Waals surface area contributed by atoms with E-state index in [1.807, 2.05) is 30.3 Å². The zero-order valence-corrected chi connectivity index (χ0v) is 9.78. The Morgan fingerprint density at radius 3 is 2.69 bits per heavy atom. The molecular formula is C13H20N2O. The van der Waals surface area contributed by atoms with Gasteiger partial charge in [0.1, 0.15) is 0 Å². The second kappa shape index (κ2) is 7.01. The first-order valence-corrected chi connectivity index (χ1v) is 5.81. The van der Waals surface area contributed by atoms with Crippen molar-refractivity contribution in [2.45, 2.75) is 32.2 Å². The molecule has 1 aromatic rings. The van der Waals surface area contributed by atoms with Crippen LogP contribution in [0.3, 0.4) is 0 Å². The molecule has 88 valence electrons. The summed E-state index contributed by atoms with van der Waals surface area (Å²) in [5, 5.41) is 2.84. The number of carbonyl (C=O) groups is 1. The highest BCUT2D eigenvalue weighted by Gasteiger charge is 2.12. The number of amides is 1. The molecule has 0 radical (unpaired) electrons. The van der Waals surface area contributed by atoms with Gasteiger partial charge in [-0.2, -0.15) is 0 Å². The van der Waals surface area contributed by atoms with Gasteiger partial charge < -0.3 is 11.1 Å². The number of benzene rings is 1. The molecule has 0 saturated carbocycles. The van der Waals surface area contributed by atoms with Gasteiger partial charge in [-0.15, -0.1) is 0 Å². The maximum Gasteiger partial charge on any atom is 0.237 e. The molecule has 1 rings (SSSR count). The third kappa shape index (κ3) is 4.45. The predicted molar refractivity (Wildman–Crippen MR) is 66.0 cm³/mol. The zero-order valence-electron chi connectivity index (χ0n) is 9.78. The van der Waals surface area contributed by atoms with Gasteiger partial charge in [0.25, 0.3) is 0 Å². The normalized spacial score (nSPS) is 12.1. The molecule has 0 aliphatic carbocycles. The summed E-state index contributed by atoms with van der Waals surface area (Å²) in [6.07, 6.45) is 2.68. The lowest BCUT2D eigenvalue weighted by molar-refractivity contribution is -0.122. The first kappa shape index (κ1) is 12.7. The molecule has 0 aliphatic heterocycles. The minimum Gasteiger partial charge on any atom is -0.355 e. The molecular weight excluding hydrogens is 202 g/mol. The number of hydrogen-bond donors (Lipinski definition) is 2. The third-order valence-electron chi connectivity index (χ3n) is 2.46. The van der Waals surface area contributed by atoms with Crippen molar-refractivity contribution >= 4 is 5.91 Å². The van der Waals surface area contributed by atoms with Crippen molar-refractivity contribution in [1.29, 1.82) is 0 Å². The number of unbranched alkanes of at least 4 members (excludes halogenated alkanes) is 1. The lowest BCUT2D eigenvalue weighted by Gasteiger charge is -2.11. The second-order valence-electron chi connectivity index (χ2n) is 3.94. The van der Waals surface area contributed by atoms with E-state index < -0.39 is 6.04 Å². The molecule has 0 heterocycles. The largest absolute Gasteiger partial charge is 0.355 e. The smallest absolute Gasteiger partial charge is 0.237 e. The van der Waals surface area contributed by atoms with Gasteiger partial charge in [0.05, 0.1) is 6.04 Å². The Balaban J connectivity index is 2.34. The van der Waals surface area contributed by atoms with E-state index in [9.17, 15) is 4.79 Å². The van der Waals surface area contributed by atoms with Crippen LogP contribution in [0.1, 0.15) is 25.3 Å². The molecule has 0 fully saturated rings. The molecule has 3 nitrogen and oxygen atoms in total. The van der Waals surface area contributed by atoms with Crippen LogP contribution in [0.15, 0.2) is 30.3 Å². The molecule has 0 aliphatic rings. The van der Waals surface area contributed by atoms with Crippen LogP contribution in [0.4, 0.5) is 0 Å². The van der Waals surface area contributed by atoms with E-state index in [4.69, 9.17) is 5.73 Å². The fraction of sp³-hybridized carbons (Fsp3) is 0.462. The fourth-order valence-electron chi connectivity index (χ4n) is 1.48. The van der Waals surface area contributed by atoms with Gasteiger partial charge in [0.15, 0.2) is 0 Å². The second-order valence-corrected chi connectivity index (χ2v) is 3.94. The monoisotopic (exact) mass is 222 g/mol. The van der Waals surface area contributed by atoms with E-state index >= 15 is 0 Å². The van der Waals surface area contributed by atoms with Gasteiger partial charge in [-0.05, 0) is 18.4 Å². The van der Waals surface area contributed by atoms with Crippen molar-refractivity contribution in [1.82, 2.24) is 5.32 Å². The Morgan fingerprint density at radius 2 is 2.06 bits per heavy atom. The Hall–Kier alpha value is -1.35. The van der Waals surface area contributed by atoms with Crippen LogP contribution in [0.2, 0.25) is 0 Å². The van der Waals surface area contributed by atoms with Crippen LogP contribution in [0.25, 0.3) is 0 Å². The van der Waals surface area contributed by atoms with Crippen molar-refractivity contribution in [2.75, 3.05) is 6.54 Å². The SMILES string of the molecule is CCCCNC(=[18O])[C@@H](N)Cc1ccccc1. The minimum atomic E-state index is -0.445. The van der Waals surface area contributed by atoms with Gasteiger partial charge in [-0.1, -0.05) is 43.7 Å². The lowest BCUT2D eigenvalue weighted by atomic mass is 10.1. The van der Waals surface area contributed by atoms with Gasteiger partial charge in [0.2, 0.25) is 5.91 Å². The summed E-state index contributed by atoms with van der Waals surface area (Å²) in [4.78, 5) is 11.6. The number of carbonyl (C=O) groups excluding carboxylic acids is 1. The zero-order chi connectivity index (χ0) is 11.8. The van der Waals surface area contributed by atoms with Crippen molar-refractivity contribution in [3.05, 3.63) is 35.9 Å². The summed E-state index contributed by atoms with van der Waals surface area (Å²) in [6.45, 7) is 2.81. The summed E-state index contributed by atoms with van der Waals surface area (Å²) in [5.74, 6) is -0.0581. The standard InChI is InChI=1S/C13H20N2O/c1-2-3-9-15-13(16)12(14)10-11-7-5-4-6-8-11/h4-8,12H,2-3,9-10,14H2,1H3,(H,15,16)/t12-/m0/s1/i16+2. The minimum absolute atomic E-state index is 0.0581. The van der Waals surface area contributed by atoms with E-state index in [1.165, 1.54) is 0 Å². The number of nitrogens with two attached hydrogens (primary N) is 1. The molecule has 0 unspecified atom stereocenters. The van der Waals surface area contributed by atoms with Gasteiger partial charge in [0, 0.05) is 6.54 Å². The highest BCUT2D eigenvalue weighted by Crippen LogP contribution is 2.01. The van der Waals surface area contributed by atoms with Crippen molar-refractivity contribution in [2.24, 2.45) is 5.73 Å². The van der Waals surface area contributed by atoms with Gasteiger partial charge >= 0.3 is 0 Å². The average molecular weight is 222 g/mol. The molecule has 1 amide bonds. The Bertz CT molecular complexity index is 311. The summed E-state index contributed by atoms with van der Waals surface area (Å²) in [7, 11) is 0. The Morgan fingerprint density at radius 1 is 1.38 bits per heavy atom. The van der Waals surface area contributed by atoms with Crippen molar-refractivity contribution in [3.8, 4) is 0 Å². The fourth-order valence-corrected chi connectivity index (χ4v) is 1.48. The molecule has 1 atom stereocenters. The summed E-state index contributed by atoms with van der Waals surface area (Å²) in [5.41, 5.74) is 6.92. The first-order valence-electron chi connectivity index (χ1n) is 5.81. The maximum atomic E-state index is 11.6. The summed E-state index contributed by atoms with van der Waals surface area (Å²) in [6, 6.07) is 9.39. The lowest BCUT2D eigenvalue weighted by Crippen LogP contribution is -2.42. The molecule has 0 bridgehead atoms. The predicted octanol–water partition coefficient (Wildman–Crippen LogP) is 1.47. The number of hydrogen-bond acceptors (Lipinski definition) is 2. The quantitative estimate of drug-likeness (QED) is 0.565. The van der Waals surface area contributed by atoms with E-state index in [0.29, 0.717) is 6.42 Å². The van der Waals surface area contributed by atoms with E-state index in [0.717, 1.165) is 24.9 Å². The highest BCUT2D eigenvalue weighted by molar-refractivity contribution is 5.81. The Labute approximate surface area is 97.0 Å². The molecule has 0 aromatic heterocycles. The van der Waals surface area contributed by atoms with Crippen LogP contribution in [-0.2, 0) is 11.2 Å². The number of nitrogens with one attached hydrogen (secondary N) is 1. The third-order valence-corrected chi connectivity index (χ3v) is 2.46.